The highest BCUT2D eigenvalue weighted by Gasteiger charge is 2.11. The summed E-state index contributed by atoms with van der Waals surface area (Å²) in [5, 5.41) is 9.98. The van der Waals surface area contributed by atoms with Gasteiger partial charge in [0.15, 0.2) is 0 Å². The van der Waals surface area contributed by atoms with Crippen molar-refractivity contribution in [2.24, 2.45) is 0 Å². The lowest BCUT2D eigenvalue weighted by molar-refractivity contribution is 0.168. The van der Waals surface area contributed by atoms with Crippen LogP contribution in [0, 0.1) is 22.3 Å². The van der Waals surface area contributed by atoms with Gasteiger partial charge in [-0.2, -0.15) is 0 Å². The van der Waals surface area contributed by atoms with E-state index in [1.807, 2.05) is 19.1 Å². The molecule has 0 spiro atoms. The van der Waals surface area contributed by atoms with E-state index in [0.717, 1.165) is 15.6 Å². The molecule has 1 rings (SSSR count). The number of aliphatic hydroxyl groups excluding tert-OH is 1. The van der Waals surface area contributed by atoms with Gasteiger partial charge in [0.05, 0.1) is 6.10 Å². The Morgan fingerprint density at radius 2 is 2.20 bits per heavy atom. The standard InChI is InChI=1S/C13H15IO/c1-3-4-5-9-12(15)11-8-6-7-10(2)13(11)14/h6-8,12,15H,5,9H2,1-2H3. The Morgan fingerprint density at radius 1 is 1.47 bits per heavy atom. The van der Waals surface area contributed by atoms with Gasteiger partial charge >= 0.3 is 0 Å². The molecule has 0 aliphatic heterocycles. The predicted octanol–water partition coefficient (Wildman–Crippen LogP) is 3.44. The molecular formula is C13H15IO. The van der Waals surface area contributed by atoms with Crippen LogP contribution in [-0.2, 0) is 0 Å². The van der Waals surface area contributed by atoms with Crippen LogP contribution in [0.15, 0.2) is 18.2 Å². The molecule has 0 amide bonds. The summed E-state index contributed by atoms with van der Waals surface area (Å²) in [7, 11) is 0. The highest BCUT2D eigenvalue weighted by atomic mass is 127. The van der Waals surface area contributed by atoms with E-state index in [0.29, 0.717) is 6.42 Å². The minimum absolute atomic E-state index is 0.391. The fraction of sp³-hybridized carbons (Fsp3) is 0.385. The van der Waals surface area contributed by atoms with Crippen molar-refractivity contribution < 1.29 is 5.11 Å². The lowest BCUT2D eigenvalue weighted by Crippen LogP contribution is -2.00. The minimum atomic E-state index is -0.391. The Balaban J connectivity index is 2.76. The van der Waals surface area contributed by atoms with Crippen LogP contribution in [0.25, 0.3) is 0 Å². The van der Waals surface area contributed by atoms with Gasteiger partial charge in [0.1, 0.15) is 0 Å². The van der Waals surface area contributed by atoms with Crippen LogP contribution in [0.1, 0.15) is 37.0 Å². The molecule has 1 N–H and O–H groups in total. The molecule has 15 heavy (non-hydrogen) atoms. The van der Waals surface area contributed by atoms with Gasteiger partial charge in [-0.1, -0.05) is 18.2 Å². The van der Waals surface area contributed by atoms with Crippen molar-refractivity contribution in [2.75, 3.05) is 0 Å². The molecule has 0 heterocycles. The number of halogens is 1. The predicted molar refractivity (Wildman–Crippen MR) is 71.5 cm³/mol. The Morgan fingerprint density at radius 3 is 2.87 bits per heavy atom. The maximum Gasteiger partial charge on any atom is 0.0809 e. The molecule has 0 aromatic heterocycles. The second kappa shape index (κ2) is 6.14. The van der Waals surface area contributed by atoms with Crippen molar-refractivity contribution in [3.8, 4) is 11.8 Å². The average molecular weight is 314 g/mol. The Bertz CT molecular complexity index is 387. The first kappa shape index (κ1) is 12.5. The summed E-state index contributed by atoms with van der Waals surface area (Å²) in [6, 6.07) is 6.03. The van der Waals surface area contributed by atoms with Gasteiger partial charge in [-0.15, -0.1) is 11.8 Å². The molecule has 0 saturated heterocycles. The van der Waals surface area contributed by atoms with E-state index in [1.54, 1.807) is 0 Å². The zero-order chi connectivity index (χ0) is 11.3. The van der Waals surface area contributed by atoms with E-state index in [9.17, 15) is 5.11 Å². The highest BCUT2D eigenvalue weighted by Crippen LogP contribution is 2.25. The van der Waals surface area contributed by atoms with E-state index in [-0.39, 0.29) is 0 Å². The number of hydrogen-bond acceptors (Lipinski definition) is 1. The second-order valence-corrected chi connectivity index (χ2v) is 4.54. The van der Waals surface area contributed by atoms with Crippen molar-refractivity contribution in [2.45, 2.75) is 32.8 Å². The molecule has 80 valence electrons. The zero-order valence-electron chi connectivity index (χ0n) is 9.05. The third-order valence-electron chi connectivity index (χ3n) is 2.30. The van der Waals surface area contributed by atoms with Crippen LogP contribution in [0.4, 0.5) is 0 Å². The summed E-state index contributed by atoms with van der Waals surface area (Å²) < 4.78 is 1.16. The van der Waals surface area contributed by atoms with Gasteiger partial charge in [-0.25, -0.2) is 0 Å². The monoisotopic (exact) mass is 314 g/mol. The van der Waals surface area contributed by atoms with Gasteiger partial charge < -0.3 is 5.11 Å². The summed E-state index contributed by atoms with van der Waals surface area (Å²) in [6.07, 6.45) is 1.07. The largest absolute Gasteiger partial charge is 0.388 e. The number of hydrogen-bond donors (Lipinski definition) is 1. The van der Waals surface area contributed by atoms with E-state index in [1.165, 1.54) is 5.56 Å². The molecule has 1 aromatic rings. The third-order valence-corrected chi connectivity index (χ3v) is 3.77. The molecule has 1 unspecified atom stereocenters. The molecule has 0 aliphatic carbocycles. The van der Waals surface area contributed by atoms with Crippen molar-refractivity contribution in [1.29, 1.82) is 0 Å². The molecule has 0 saturated carbocycles. The molecule has 0 aliphatic rings. The SMILES string of the molecule is CC#CCCC(O)c1cccc(C)c1I. The quantitative estimate of drug-likeness (QED) is 0.669. The normalized spacial score (nSPS) is 11.7. The van der Waals surface area contributed by atoms with Gasteiger partial charge in [-0.05, 0) is 54.0 Å². The van der Waals surface area contributed by atoms with Crippen LogP contribution < -0.4 is 0 Å². The number of aryl methyl sites for hydroxylation is 1. The van der Waals surface area contributed by atoms with Gasteiger partial charge in [-0.3, -0.25) is 0 Å². The first-order valence-electron chi connectivity index (χ1n) is 4.99. The van der Waals surface area contributed by atoms with Crippen LogP contribution in [-0.4, -0.2) is 5.11 Å². The number of rotatable bonds is 3. The fourth-order valence-electron chi connectivity index (χ4n) is 1.42. The molecule has 0 fully saturated rings. The lowest BCUT2D eigenvalue weighted by Gasteiger charge is -2.12. The van der Waals surface area contributed by atoms with Crippen molar-refractivity contribution in [3.05, 3.63) is 32.9 Å². The maximum atomic E-state index is 9.98. The summed E-state index contributed by atoms with van der Waals surface area (Å²) in [5.74, 6) is 5.81. The summed E-state index contributed by atoms with van der Waals surface area (Å²) in [6.45, 7) is 3.88. The zero-order valence-corrected chi connectivity index (χ0v) is 11.2. The van der Waals surface area contributed by atoms with E-state index < -0.39 is 6.10 Å². The van der Waals surface area contributed by atoms with Crippen molar-refractivity contribution >= 4 is 22.6 Å². The minimum Gasteiger partial charge on any atom is -0.388 e. The molecular weight excluding hydrogens is 299 g/mol. The highest BCUT2D eigenvalue weighted by molar-refractivity contribution is 14.1. The van der Waals surface area contributed by atoms with Crippen LogP contribution in [0.2, 0.25) is 0 Å². The molecule has 0 radical (unpaired) electrons. The van der Waals surface area contributed by atoms with Crippen LogP contribution in [0.3, 0.4) is 0 Å². The fourth-order valence-corrected chi connectivity index (χ4v) is 2.14. The smallest absolute Gasteiger partial charge is 0.0809 e. The molecule has 0 bridgehead atoms. The molecule has 1 atom stereocenters. The summed E-state index contributed by atoms with van der Waals surface area (Å²) >= 11 is 2.29. The second-order valence-electron chi connectivity index (χ2n) is 3.46. The van der Waals surface area contributed by atoms with Crippen LogP contribution in [0.5, 0.6) is 0 Å². The Labute approximate surface area is 105 Å². The topological polar surface area (TPSA) is 20.2 Å². The number of benzene rings is 1. The van der Waals surface area contributed by atoms with Gasteiger partial charge in [0.2, 0.25) is 0 Å². The van der Waals surface area contributed by atoms with E-state index in [2.05, 4.69) is 47.4 Å². The Kier molecular flexibility index (Phi) is 5.13. The number of aliphatic hydroxyl groups is 1. The van der Waals surface area contributed by atoms with E-state index in [4.69, 9.17) is 0 Å². The van der Waals surface area contributed by atoms with Crippen molar-refractivity contribution in [3.63, 3.8) is 0 Å². The first-order chi connectivity index (χ1) is 7.16. The van der Waals surface area contributed by atoms with Crippen molar-refractivity contribution in [1.82, 2.24) is 0 Å². The average Bonchev–Trinajstić information content (AvgIpc) is 2.22. The van der Waals surface area contributed by atoms with E-state index >= 15 is 0 Å². The summed E-state index contributed by atoms with van der Waals surface area (Å²) in [5.41, 5.74) is 2.24. The molecule has 2 heteroatoms. The Hall–Kier alpha value is -0.530. The molecule has 1 nitrogen and oxygen atoms in total. The molecule has 1 aromatic carbocycles. The summed E-state index contributed by atoms with van der Waals surface area (Å²) in [4.78, 5) is 0. The lowest BCUT2D eigenvalue weighted by atomic mass is 10.0. The van der Waals surface area contributed by atoms with Gasteiger partial charge in [0.25, 0.3) is 0 Å². The van der Waals surface area contributed by atoms with Crippen LogP contribution >= 0.6 is 22.6 Å². The first-order valence-corrected chi connectivity index (χ1v) is 6.07. The van der Waals surface area contributed by atoms with Gasteiger partial charge in [0, 0.05) is 9.99 Å². The maximum absolute atomic E-state index is 9.98. The third kappa shape index (κ3) is 3.51.